The van der Waals surface area contributed by atoms with Crippen molar-refractivity contribution < 1.29 is 9.53 Å². The second kappa shape index (κ2) is 6.02. The van der Waals surface area contributed by atoms with Crippen LogP contribution in [0.5, 0.6) is 5.88 Å². The number of ether oxygens (including phenoxy) is 1. The Labute approximate surface area is 146 Å². The molecule has 8 nitrogen and oxygen atoms in total. The molecule has 8 heteroatoms. The minimum absolute atomic E-state index is 0.169. The van der Waals surface area contributed by atoms with E-state index < -0.39 is 0 Å². The van der Waals surface area contributed by atoms with Crippen molar-refractivity contribution in [3.05, 3.63) is 18.3 Å². The van der Waals surface area contributed by atoms with Gasteiger partial charge in [0.2, 0.25) is 17.7 Å². The van der Waals surface area contributed by atoms with Gasteiger partial charge in [0.15, 0.2) is 5.82 Å². The van der Waals surface area contributed by atoms with Crippen molar-refractivity contribution in [3.63, 3.8) is 0 Å². The van der Waals surface area contributed by atoms with Crippen LogP contribution in [0, 0.1) is 5.41 Å². The fourth-order valence-corrected chi connectivity index (χ4v) is 3.81. The molecule has 2 aromatic rings. The van der Waals surface area contributed by atoms with Gasteiger partial charge >= 0.3 is 0 Å². The average molecular weight is 342 g/mol. The number of carbonyl (C=O) groups is 1. The highest BCUT2D eigenvalue weighted by Crippen LogP contribution is 2.39. The number of nitrogens with zero attached hydrogens (tertiary/aromatic N) is 5. The van der Waals surface area contributed by atoms with Crippen LogP contribution >= 0.6 is 0 Å². The first-order valence-corrected chi connectivity index (χ1v) is 8.56. The molecular weight excluding hydrogens is 320 g/mol. The number of methoxy groups -OCH3 is 1. The number of rotatable bonds is 3. The molecule has 0 aromatic carbocycles. The number of aromatic nitrogens is 4. The summed E-state index contributed by atoms with van der Waals surface area (Å²) >= 11 is 0. The van der Waals surface area contributed by atoms with E-state index >= 15 is 0 Å². The summed E-state index contributed by atoms with van der Waals surface area (Å²) in [4.78, 5) is 18.6. The third kappa shape index (κ3) is 2.61. The van der Waals surface area contributed by atoms with Crippen molar-refractivity contribution in [2.24, 2.45) is 12.5 Å². The van der Waals surface area contributed by atoms with E-state index in [0.717, 1.165) is 56.2 Å². The van der Waals surface area contributed by atoms with Crippen LogP contribution in [0.1, 0.15) is 19.3 Å². The normalized spacial score (nSPS) is 19.3. The van der Waals surface area contributed by atoms with Crippen molar-refractivity contribution in [2.45, 2.75) is 19.3 Å². The summed E-state index contributed by atoms with van der Waals surface area (Å²) in [6, 6.07) is 3.74. The molecule has 2 saturated heterocycles. The van der Waals surface area contributed by atoms with Crippen LogP contribution in [0.25, 0.3) is 11.4 Å². The van der Waals surface area contributed by atoms with Gasteiger partial charge in [-0.3, -0.25) is 9.36 Å². The van der Waals surface area contributed by atoms with Crippen LogP contribution in [0.4, 0.5) is 5.95 Å². The second-order valence-electron chi connectivity index (χ2n) is 6.75. The molecule has 0 saturated carbocycles. The van der Waals surface area contributed by atoms with Gasteiger partial charge in [-0.1, -0.05) is 0 Å². The van der Waals surface area contributed by atoms with E-state index in [9.17, 15) is 4.79 Å². The molecule has 0 radical (unpaired) electrons. The molecule has 1 amide bonds. The molecule has 0 atom stereocenters. The van der Waals surface area contributed by atoms with Crippen molar-refractivity contribution in [1.82, 2.24) is 25.1 Å². The lowest BCUT2D eigenvalue weighted by atomic mass is 9.77. The Kier molecular flexibility index (Phi) is 3.82. The molecule has 2 aliphatic rings. The smallest absolute Gasteiger partial charge is 0.227 e. The summed E-state index contributed by atoms with van der Waals surface area (Å²) < 4.78 is 7.08. The van der Waals surface area contributed by atoms with Crippen LogP contribution in [0.2, 0.25) is 0 Å². The van der Waals surface area contributed by atoms with Gasteiger partial charge < -0.3 is 15.0 Å². The van der Waals surface area contributed by atoms with Crippen LogP contribution in [-0.2, 0) is 11.8 Å². The number of amides is 1. The van der Waals surface area contributed by atoms with Crippen LogP contribution in [0.15, 0.2) is 18.3 Å². The predicted molar refractivity (Wildman–Crippen MR) is 92.3 cm³/mol. The highest BCUT2D eigenvalue weighted by atomic mass is 16.5. The third-order valence-corrected chi connectivity index (χ3v) is 5.43. The quantitative estimate of drug-likeness (QED) is 0.895. The third-order valence-electron chi connectivity index (χ3n) is 5.43. The lowest BCUT2D eigenvalue weighted by Crippen LogP contribution is -2.44. The van der Waals surface area contributed by atoms with Crippen molar-refractivity contribution in [1.29, 1.82) is 0 Å². The Bertz CT molecular complexity index is 777. The summed E-state index contributed by atoms with van der Waals surface area (Å²) in [7, 11) is 3.55. The summed E-state index contributed by atoms with van der Waals surface area (Å²) in [6.45, 7) is 2.44. The van der Waals surface area contributed by atoms with Crippen molar-refractivity contribution in [2.75, 3.05) is 31.6 Å². The first-order chi connectivity index (χ1) is 12.1. The highest BCUT2D eigenvalue weighted by molar-refractivity contribution is 5.85. The zero-order valence-electron chi connectivity index (χ0n) is 14.5. The van der Waals surface area contributed by atoms with Crippen LogP contribution in [0.3, 0.4) is 0 Å². The summed E-state index contributed by atoms with van der Waals surface area (Å²) in [5.41, 5.74) is 0.725. The maximum absolute atomic E-state index is 12.1. The Morgan fingerprint density at radius 1 is 1.20 bits per heavy atom. The van der Waals surface area contributed by atoms with Gasteiger partial charge in [-0.15, -0.1) is 10.2 Å². The Balaban J connectivity index is 1.52. The van der Waals surface area contributed by atoms with E-state index in [-0.39, 0.29) is 11.3 Å². The molecule has 1 spiro atoms. The van der Waals surface area contributed by atoms with E-state index in [2.05, 4.69) is 25.4 Å². The maximum atomic E-state index is 12.1. The topological polar surface area (TPSA) is 85.2 Å². The molecule has 4 rings (SSSR count). The highest BCUT2D eigenvalue weighted by Gasteiger charge is 2.44. The van der Waals surface area contributed by atoms with Crippen LogP contribution < -0.4 is 15.0 Å². The Hall–Kier alpha value is -2.64. The molecule has 4 heterocycles. The van der Waals surface area contributed by atoms with Gasteiger partial charge in [0.1, 0.15) is 0 Å². The van der Waals surface area contributed by atoms with E-state index in [1.807, 2.05) is 23.7 Å². The first kappa shape index (κ1) is 15.9. The standard InChI is InChI=1S/C17H22N6O2/c1-22-14(12-3-4-13(25-2)19-11-12)20-21-16(22)23-9-6-17(7-10-23)5-8-18-15(17)24/h3-4,11H,5-10H2,1-2H3,(H,18,24). The minimum Gasteiger partial charge on any atom is -0.481 e. The van der Waals surface area contributed by atoms with Gasteiger partial charge in [0.25, 0.3) is 0 Å². The van der Waals surface area contributed by atoms with Gasteiger partial charge in [-0.05, 0) is 25.3 Å². The molecule has 0 unspecified atom stereocenters. The van der Waals surface area contributed by atoms with E-state index in [0.29, 0.717) is 5.88 Å². The molecule has 2 aliphatic heterocycles. The number of piperidine rings is 1. The molecule has 1 N–H and O–H groups in total. The largest absolute Gasteiger partial charge is 0.481 e. The van der Waals surface area contributed by atoms with Gasteiger partial charge in [-0.25, -0.2) is 4.98 Å². The molecule has 2 fully saturated rings. The lowest BCUT2D eigenvalue weighted by molar-refractivity contribution is -0.128. The number of hydrogen-bond acceptors (Lipinski definition) is 6. The van der Waals surface area contributed by atoms with Crippen LogP contribution in [-0.4, -0.2) is 52.4 Å². The van der Waals surface area contributed by atoms with E-state index in [1.54, 1.807) is 13.3 Å². The average Bonchev–Trinajstić information content (AvgIpc) is 3.20. The maximum Gasteiger partial charge on any atom is 0.227 e. The number of hydrogen-bond donors (Lipinski definition) is 1. The first-order valence-electron chi connectivity index (χ1n) is 8.56. The number of pyridine rings is 1. The minimum atomic E-state index is -0.169. The SMILES string of the molecule is COc1ccc(-c2nnc(N3CCC4(CCNC4=O)CC3)n2C)cn1. The van der Waals surface area contributed by atoms with E-state index in [1.165, 1.54) is 0 Å². The van der Waals surface area contributed by atoms with Gasteiger partial charge in [0, 0.05) is 44.5 Å². The molecule has 0 bridgehead atoms. The van der Waals surface area contributed by atoms with Crippen molar-refractivity contribution in [3.8, 4) is 17.3 Å². The molecule has 2 aromatic heterocycles. The fourth-order valence-electron chi connectivity index (χ4n) is 3.81. The molecule has 25 heavy (non-hydrogen) atoms. The monoisotopic (exact) mass is 342 g/mol. The Morgan fingerprint density at radius 3 is 2.60 bits per heavy atom. The zero-order chi connectivity index (χ0) is 17.4. The number of carbonyl (C=O) groups excluding carboxylic acids is 1. The van der Waals surface area contributed by atoms with E-state index in [4.69, 9.17) is 4.74 Å². The number of nitrogens with one attached hydrogen (secondary N) is 1. The van der Waals surface area contributed by atoms with Gasteiger partial charge in [0.05, 0.1) is 12.5 Å². The molecular formula is C17H22N6O2. The summed E-state index contributed by atoms with van der Waals surface area (Å²) in [5, 5.41) is 11.7. The fraction of sp³-hybridized carbons (Fsp3) is 0.529. The van der Waals surface area contributed by atoms with Gasteiger partial charge in [-0.2, -0.15) is 0 Å². The summed E-state index contributed by atoms with van der Waals surface area (Å²) in [6.07, 6.45) is 4.41. The predicted octanol–water partition coefficient (Wildman–Crippen LogP) is 0.992. The lowest BCUT2D eigenvalue weighted by Gasteiger charge is -2.37. The zero-order valence-corrected chi connectivity index (χ0v) is 14.5. The number of anilines is 1. The Morgan fingerprint density at radius 2 is 2.00 bits per heavy atom. The molecule has 0 aliphatic carbocycles. The van der Waals surface area contributed by atoms with Crippen molar-refractivity contribution >= 4 is 11.9 Å². The molecule has 132 valence electrons. The second-order valence-corrected chi connectivity index (χ2v) is 6.75. The summed E-state index contributed by atoms with van der Waals surface area (Å²) in [5.74, 6) is 2.39.